The van der Waals surface area contributed by atoms with Crippen LogP contribution in [-0.4, -0.2) is 31.6 Å². The van der Waals surface area contributed by atoms with E-state index < -0.39 is 0 Å². The molecule has 0 unspecified atom stereocenters. The number of rotatable bonds is 7. The minimum atomic E-state index is -0.288. The summed E-state index contributed by atoms with van der Waals surface area (Å²) in [5, 5.41) is 9.36. The normalized spacial score (nSPS) is 11.0. The Morgan fingerprint density at radius 3 is 2.19 bits per heavy atom. The second-order valence-electron chi connectivity index (χ2n) is 6.74. The van der Waals surface area contributed by atoms with Crippen molar-refractivity contribution in [3.05, 3.63) is 69.7 Å². The van der Waals surface area contributed by atoms with Gasteiger partial charge in [0, 0.05) is 30.1 Å². The van der Waals surface area contributed by atoms with E-state index in [1.165, 1.54) is 0 Å². The van der Waals surface area contributed by atoms with E-state index >= 15 is 0 Å². The zero-order valence-corrected chi connectivity index (χ0v) is 16.8. The molecule has 0 heterocycles. The van der Waals surface area contributed by atoms with Crippen molar-refractivity contribution in [1.29, 1.82) is 0 Å². The number of carbonyl (C=O) groups excluding carboxylic acids is 2. The predicted molar refractivity (Wildman–Crippen MR) is 110 cm³/mol. The summed E-state index contributed by atoms with van der Waals surface area (Å²) < 4.78 is 0. The van der Waals surface area contributed by atoms with Crippen molar-refractivity contribution >= 4 is 35.1 Å². The number of benzene rings is 2. The van der Waals surface area contributed by atoms with Gasteiger partial charge in [-0.1, -0.05) is 61.3 Å². The third-order valence-electron chi connectivity index (χ3n) is 4.13. The number of urea groups is 1. The fraction of sp³-hybridized carbons (Fsp3) is 0.300. The van der Waals surface area contributed by atoms with E-state index in [0.29, 0.717) is 35.2 Å². The molecule has 144 valence electrons. The lowest BCUT2D eigenvalue weighted by molar-refractivity contribution is 0.0954. The Morgan fingerprint density at radius 1 is 0.889 bits per heavy atom. The van der Waals surface area contributed by atoms with Crippen LogP contribution in [0.5, 0.6) is 0 Å². The van der Waals surface area contributed by atoms with Crippen molar-refractivity contribution in [3.8, 4) is 0 Å². The lowest BCUT2D eigenvalue weighted by Gasteiger charge is -2.25. The largest absolute Gasteiger partial charge is 0.350 e. The maximum Gasteiger partial charge on any atom is 0.314 e. The van der Waals surface area contributed by atoms with Crippen molar-refractivity contribution in [1.82, 2.24) is 16.0 Å². The fourth-order valence-corrected chi connectivity index (χ4v) is 2.81. The monoisotopic (exact) mass is 407 g/mol. The maximum atomic E-state index is 12.0. The van der Waals surface area contributed by atoms with Crippen molar-refractivity contribution in [2.45, 2.75) is 19.3 Å². The molecule has 0 spiro atoms. The second kappa shape index (κ2) is 9.62. The summed E-state index contributed by atoms with van der Waals surface area (Å²) >= 11 is 11.9. The van der Waals surface area contributed by atoms with Crippen molar-refractivity contribution < 1.29 is 9.59 Å². The molecule has 2 aromatic carbocycles. The molecule has 3 amide bonds. The number of halogens is 2. The Labute approximate surface area is 169 Å². The van der Waals surface area contributed by atoms with E-state index in [1.54, 1.807) is 24.3 Å². The number of hydrogen-bond donors (Lipinski definition) is 3. The quantitative estimate of drug-likeness (QED) is 0.606. The average molecular weight is 408 g/mol. The summed E-state index contributed by atoms with van der Waals surface area (Å²) in [4.78, 5) is 24.0. The molecule has 3 N–H and O–H groups in total. The van der Waals surface area contributed by atoms with Crippen LogP contribution in [-0.2, 0) is 5.41 Å². The topological polar surface area (TPSA) is 70.2 Å². The summed E-state index contributed by atoms with van der Waals surface area (Å²) in [5.41, 5.74) is 1.26. The van der Waals surface area contributed by atoms with Gasteiger partial charge in [-0.25, -0.2) is 4.79 Å². The maximum absolute atomic E-state index is 12.0. The van der Waals surface area contributed by atoms with Gasteiger partial charge in [0.05, 0.1) is 10.6 Å². The van der Waals surface area contributed by atoms with Crippen LogP contribution in [0.2, 0.25) is 10.0 Å². The summed E-state index contributed by atoms with van der Waals surface area (Å²) in [6, 6.07) is 14.1. The molecule has 0 aliphatic heterocycles. The van der Waals surface area contributed by atoms with Gasteiger partial charge in [-0.05, 0) is 29.8 Å². The molecule has 0 fully saturated rings. The minimum absolute atomic E-state index is 0.236. The molecule has 2 aromatic rings. The third-order valence-corrected chi connectivity index (χ3v) is 4.71. The van der Waals surface area contributed by atoms with Crippen molar-refractivity contribution in [3.63, 3.8) is 0 Å². The molecule has 0 aromatic heterocycles. The van der Waals surface area contributed by atoms with Gasteiger partial charge in [-0.3, -0.25) is 4.79 Å². The van der Waals surface area contributed by atoms with Crippen LogP contribution >= 0.6 is 23.2 Å². The molecule has 0 saturated heterocycles. The van der Waals surface area contributed by atoms with Gasteiger partial charge in [0.1, 0.15) is 0 Å². The molecular weight excluding hydrogens is 385 g/mol. The molecule has 0 radical (unpaired) electrons. The molecule has 2 rings (SSSR count). The van der Waals surface area contributed by atoms with E-state index in [0.717, 1.165) is 5.56 Å². The first-order valence-corrected chi connectivity index (χ1v) is 9.36. The minimum Gasteiger partial charge on any atom is -0.350 e. The highest BCUT2D eigenvalue weighted by atomic mass is 35.5. The highest BCUT2D eigenvalue weighted by Gasteiger charge is 2.21. The van der Waals surface area contributed by atoms with Crippen LogP contribution < -0.4 is 16.0 Å². The van der Waals surface area contributed by atoms with E-state index in [1.807, 2.05) is 38.1 Å². The standard InChI is InChI=1S/C20H23Cl2N3O2/c1-20(2,14-7-9-15(21)10-8-14)13-25-19(27)24-12-11-23-18(26)16-5-3-4-6-17(16)22/h3-10H,11-13H2,1-2H3,(H,23,26)(H2,24,25,27). The van der Waals surface area contributed by atoms with Gasteiger partial charge >= 0.3 is 6.03 Å². The first kappa shape index (κ1) is 21.1. The molecule has 0 atom stereocenters. The SMILES string of the molecule is CC(C)(CNC(=O)NCCNC(=O)c1ccccc1Cl)c1ccc(Cl)cc1. The first-order valence-electron chi connectivity index (χ1n) is 8.60. The highest BCUT2D eigenvalue weighted by molar-refractivity contribution is 6.33. The second-order valence-corrected chi connectivity index (χ2v) is 7.58. The smallest absolute Gasteiger partial charge is 0.314 e. The molecule has 27 heavy (non-hydrogen) atoms. The van der Waals surface area contributed by atoms with E-state index in [9.17, 15) is 9.59 Å². The number of carbonyl (C=O) groups is 2. The fourth-order valence-electron chi connectivity index (χ4n) is 2.46. The summed E-state index contributed by atoms with van der Waals surface area (Å²) in [7, 11) is 0. The summed E-state index contributed by atoms with van der Waals surface area (Å²) in [5.74, 6) is -0.272. The van der Waals surface area contributed by atoms with Crippen molar-refractivity contribution in [2.75, 3.05) is 19.6 Å². The van der Waals surface area contributed by atoms with Crippen LogP contribution in [0.1, 0.15) is 29.8 Å². The first-order chi connectivity index (χ1) is 12.8. The Morgan fingerprint density at radius 2 is 1.52 bits per heavy atom. The molecule has 0 saturated carbocycles. The van der Waals surface area contributed by atoms with Crippen LogP contribution in [0.4, 0.5) is 4.79 Å². The van der Waals surface area contributed by atoms with E-state index in [2.05, 4.69) is 16.0 Å². The zero-order valence-electron chi connectivity index (χ0n) is 15.3. The molecular formula is C20H23Cl2N3O2. The highest BCUT2D eigenvalue weighted by Crippen LogP contribution is 2.23. The van der Waals surface area contributed by atoms with Crippen LogP contribution in [0.25, 0.3) is 0 Å². The van der Waals surface area contributed by atoms with Crippen molar-refractivity contribution in [2.24, 2.45) is 0 Å². The Balaban J connectivity index is 1.71. The van der Waals surface area contributed by atoms with Crippen LogP contribution in [0.15, 0.2) is 48.5 Å². The molecule has 7 heteroatoms. The number of hydrogen-bond acceptors (Lipinski definition) is 2. The van der Waals surface area contributed by atoms with Crippen LogP contribution in [0.3, 0.4) is 0 Å². The zero-order chi connectivity index (χ0) is 19.9. The van der Waals surface area contributed by atoms with Gasteiger partial charge in [0.15, 0.2) is 0 Å². The summed E-state index contributed by atoms with van der Waals surface area (Å²) in [6.45, 7) is 5.16. The summed E-state index contributed by atoms with van der Waals surface area (Å²) in [6.07, 6.45) is 0. The molecule has 5 nitrogen and oxygen atoms in total. The van der Waals surface area contributed by atoms with E-state index in [-0.39, 0.29) is 17.4 Å². The van der Waals surface area contributed by atoms with Gasteiger partial charge in [0.2, 0.25) is 0 Å². The lowest BCUT2D eigenvalue weighted by atomic mass is 9.85. The average Bonchev–Trinajstić information content (AvgIpc) is 2.64. The van der Waals surface area contributed by atoms with Gasteiger partial charge in [-0.15, -0.1) is 0 Å². The lowest BCUT2D eigenvalue weighted by Crippen LogP contribution is -2.44. The third kappa shape index (κ3) is 6.45. The Bertz CT molecular complexity index is 792. The van der Waals surface area contributed by atoms with E-state index in [4.69, 9.17) is 23.2 Å². The predicted octanol–water partition coefficient (Wildman–Crippen LogP) is 4.00. The molecule has 0 aliphatic carbocycles. The molecule has 0 aliphatic rings. The Hall–Kier alpha value is -2.24. The van der Waals surface area contributed by atoms with Gasteiger partial charge in [0.25, 0.3) is 5.91 Å². The molecule has 0 bridgehead atoms. The van der Waals surface area contributed by atoms with Gasteiger partial charge < -0.3 is 16.0 Å². The Kier molecular flexibility index (Phi) is 7.51. The number of amides is 3. The van der Waals surface area contributed by atoms with Crippen LogP contribution in [0, 0.1) is 0 Å². The van der Waals surface area contributed by atoms with Gasteiger partial charge in [-0.2, -0.15) is 0 Å². The number of nitrogens with one attached hydrogen (secondary N) is 3.